The van der Waals surface area contributed by atoms with E-state index in [-0.39, 0.29) is 0 Å². The largest absolute Gasteiger partial charge is 0.381 e. The number of hydrogen-bond acceptors (Lipinski definition) is 3. The van der Waals surface area contributed by atoms with Gasteiger partial charge in [-0.15, -0.1) is 0 Å². The van der Waals surface area contributed by atoms with Gasteiger partial charge in [-0.05, 0) is 25.7 Å². The molecule has 3 nitrogen and oxygen atoms in total. The second kappa shape index (κ2) is 4.40. The van der Waals surface area contributed by atoms with Crippen LogP contribution in [0.4, 0.5) is 0 Å². The third-order valence-corrected chi connectivity index (χ3v) is 3.12. The normalized spacial score (nSPS) is 39.9. The molecule has 0 amide bonds. The first-order valence-electron chi connectivity index (χ1n) is 5.25. The van der Waals surface area contributed by atoms with Crippen LogP contribution in [0.3, 0.4) is 0 Å². The number of nitrogens with one attached hydrogen (secondary N) is 1. The van der Waals surface area contributed by atoms with Crippen molar-refractivity contribution in [2.45, 2.75) is 43.9 Å². The third kappa shape index (κ3) is 2.42. The molecule has 2 rings (SSSR count). The van der Waals surface area contributed by atoms with E-state index in [4.69, 9.17) is 9.47 Å². The predicted molar refractivity (Wildman–Crippen MR) is 50.8 cm³/mol. The zero-order chi connectivity index (χ0) is 9.10. The maximum absolute atomic E-state index is 5.33. The number of methoxy groups -OCH3 is 1. The van der Waals surface area contributed by atoms with Gasteiger partial charge in [0.05, 0.1) is 12.7 Å². The van der Waals surface area contributed by atoms with Crippen LogP contribution in [-0.4, -0.2) is 38.5 Å². The first kappa shape index (κ1) is 9.44. The molecule has 1 saturated heterocycles. The Kier molecular flexibility index (Phi) is 3.19. The summed E-state index contributed by atoms with van der Waals surface area (Å²) in [6.45, 7) is 1.83. The Morgan fingerprint density at radius 2 is 2.15 bits per heavy atom. The van der Waals surface area contributed by atoms with E-state index >= 15 is 0 Å². The number of ether oxygens (including phenoxy) is 2. The van der Waals surface area contributed by atoms with Gasteiger partial charge in [0, 0.05) is 25.8 Å². The summed E-state index contributed by atoms with van der Waals surface area (Å²) in [5, 5.41) is 3.64. The summed E-state index contributed by atoms with van der Waals surface area (Å²) in [5.41, 5.74) is 0. The Balaban J connectivity index is 1.70. The number of rotatable bonds is 3. The summed E-state index contributed by atoms with van der Waals surface area (Å²) in [6.07, 6.45) is 5.30. The van der Waals surface area contributed by atoms with Gasteiger partial charge in [0.2, 0.25) is 0 Å². The predicted octanol–water partition coefficient (Wildman–Crippen LogP) is 0.932. The fourth-order valence-corrected chi connectivity index (χ4v) is 2.30. The summed E-state index contributed by atoms with van der Waals surface area (Å²) in [5.74, 6) is 0. The molecule has 13 heavy (non-hydrogen) atoms. The van der Waals surface area contributed by atoms with Gasteiger partial charge in [-0.3, -0.25) is 0 Å². The lowest BCUT2D eigenvalue weighted by molar-refractivity contribution is 0.106. The lowest BCUT2D eigenvalue weighted by Gasteiger charge is -2.17. The van der Waals surface area contributed by atoms with Gasteiger partial charge in [-0.1, -0.05) is 0 Å². The van der Waals surface area contributed by atoms with E-state index in [0.29, 0.717) is 18.2 Å². The van der Waals surface area contributed by atoms with Crippen molar-refractivity contribution >= 4 is 0 Å². The molecule has 1 aliphatic carbocycles. The molecule has 0 spiro atoms. The van der Waals surface area contributed by atoms with Gasteiger partial charge in [-0.25, -0.2) is 0 Å². The van der Waals surface area contributed by atoms with Crippen molar-refractivity contribution < 1.29 is 9.47 Å². The first-order valence-corrected chi connectivity index (χ1v) is 5.25. The fourth-order valence-electron chi connectivity index (χ4n) is 2.30. The lowest BCUT2D eigenvalue weighted by Crippen LogP contribution is -2.37. The van der Waals surface area contributed by atoms with Crippen molar-refractivity contribution in [3.8, 4) is 0 Å². The van der Waals surface area contributed by atoms with E-state index in [1.54, 1.807) is 0 Å². The van der Waals surface area contributed by atoms with Crippen LogP contribution in [0.2, 0.25) is 0 Å². The highest BCUT2D eigenvalue weighted by atomic mass is 16.5. The van der Waals surface area contributed by atoms with Gasteiger partial charge in [0.25, 0.3) is 0 Å². The van der Waals surface area contributed by atoms with Crippen LogP contribution in [0.1, 0.15) is 25.7 Å². The Hall–Kier alpha value is -0.120. The maximum atomic E-state index is 5.33. The summed E-state index contributed by atoms with van der Waals surface area (Å²) >= 11 is 0. The minimum Gasteiger partial charge on any atom is -0.381 e. The lowest BCUT2D eigenvalue weighted by atomic mass is 10.2. The fraction of sp³-hybridized carbons (Fsp3) is 1.00. The van der Waals surface area contributed by atoms with Crippen LogP contribution in [0, 0.1) is 0 Å². The summed E-state index contributed by atoms with van der Waals surface area (Å²) < 4.78 is 10.7. The van der Waals surface area contributed by atoms with Crippen LogP contribution in [-0.2, 0) is 9.47 Å². The van der Waals surface area contributed by atoms with E-state index in [0.717, 1.165) is 13.2 Å². The molecule has 0 bridgehead atoms. The zero-order valence-electron chi connectivity index (χ0n) is 8.29. The minimum atomic E-state index is 0.486. The van der Waals surface area contributed by atoms with E-state index < -0.39 is 0 Å². The highest BCUT2D eigenvalue weighted by Gasteiger charge is 2.27. The van der Waals surface area contributed by atoms with E-state index in [1.807, 2.05) is 7.11 Å². The molecular weight excluding hydrogens is 166 g/mol. The SMILES string of the molecule is COC1CCC(NC2CCOC2)C1. The van der Waals surface area contributed by atoms with Gasteiger partial charge in [0.15, 0.2) is 0 Å². The molecule has 0 radical (unpaired) electrons. The smallest absolute Gasteiger partial charge is 0.0620 e. The zero-order valence-corrected chi connectivity index (χ0v) is 8.29. The number of hydrogen-bond donors (Lipinski definition) is 1. The van der Waals surface area contributed by atoms with E-state index in [2.05, 4.69) is 5.32 Å². The van der Waals surface area contributed by atoms with Crippen molar-refractivity contribution in [3.05, 3.63) is 0 Å². The molecule has 3 heteroatoms. The monoisotopic (exact) mass is 185 g/mol. The molecule has 0 aromatic heterocycles. The van der Waals surface area contributed by atoms with Gasteiger partial charge in [0.1, 0.15) is 0 Å². The molecule has 1 N–H and O–H groups in total. The summed E-state index contributed by atoms with van der Waals surface area (Å²) in [7, 11) is 1.81. The van der Waals surface area contributed by atoms with Crippen LogP contribution in [0.15, 0.2) is 0 Å². The quantitative estimate of drug-likeness (QED) is 0.709. The topological polar surface area (TPSA) is 30.5 Å². The van der Waals surface area contributed by atoms with E-state index in [9.17, 15) is 0 Å². The van der Waals surface area contributed by atoms with Crippen molar-refractivity contribution in [3.63, 3.8) is 0 Å². The maximum Gasteiger partial charge on any atom is 0.0620 e. The van der Waals surface area contributed by atoms with Crippen LogP contribution >= 0.6 is 0 Å². The van der Waals surface area contributed by atoms with Crippen molar-refractivity contribution in [2.75, 3.05) is 20.3 Å². The van der Waals surface area contributed by atoms with Crippen LogP contribution < -0.4 is 5.32 Å². The third-order valence-electron chi connectivity index (χ3n) is 3.12. The molecule has 3 unspecified atom stereocenters. The minimum absolute atomic E-state index is 0.486. The second-order valence-electron chi connectivity index (χ2n) is 4.09. The van der Waals surface area contributed by atoms with Crippen molar-refractivity contribution in [1.29, 1.82) is 0 Å². The molecule has 0 aromatic rings. The molecule has 1 aliphatic heterocycles. The molecule has 3 atom stereocenters. The molecule has 1 saturated carbocycles. The van der Waals surface area contributed by atoms with Crippen LogP contribution in [0.25, 0.3) is 0 Å². The van der Waals surface area contributed by atoms with Gasteiger partial charge >= 0.3 is 0 Å². The molecular formula is C10H19NO2. The molecule has 76 valence electrons. The van der Waals surface area contributed by atoms with Gasteiger partial charge in [-0.2, -0.15) is 0 Å². The molecule has 0 aromatic carbocycles. The van der Waals surface area contributed by atoms with Crippen LogP contribution in [0.5, 0.6) is 0 Å². The summed E-state index contributed by atoms with van der Waals surface area (Å²) in [6, 6.07) is 1.26. The Bertz CT molecular complexity index is 157. The molecule has 2 aliphatic rings. The Morgan fingerprint density at radius 1 is 1.23 bits per heavy atom. The van der Waals surface area contributed by atoms with Crippen molar-refractivity contribution in [2.24, 2.45) is 0 Å². The van der Waals surface area contributed by atoms with E-state index in [1.165, 1.54) is 25.7 Å². The second-order valence-corrected chi connectivity index (χ2v) is 4.09. The molecule has 2 fully saturated rings. The molecule has 1 heterocycles. The highest BCUT2D eigenvalue weighted by molar-refractivity contribution is 4.85. The Morgan fingerprint density at radius 3 is 2.77 bits per heavy atom. The standard InChI is InChI=1S/C10H19NO2/c1-12-10-3-2-8(6-10)11-9-4-5-13-7-9/h8-11H,2-7H2,1H3. The average molecular weight is 185 g/mol. The van der Waals surface area contributed by atoms with Crippen molar-refractivity contribution in [1.82, 2.24) is 5.32 Å². The first-order chi connectivity index (χ1) is 6.38. The average Bonchev–Trinajstić information content (AvgIpc) is 2.76. The Labute approximate surface area is 79.8 Å². The highest BCUT2D eigenvalue weighted by Crippen LogP contribution is 2.22. The van der Waals surface area contributed by atoms with Gasteiger partial charge < -0.3 is 14.8 Å². The summed E-state index contributed by atoms with van der Waals surface area (Å²) in [4.78, 5) is 0.